The summed E-state index contributed by atoms with van der Waals surface area (Å²) in [5.41, 5.74) is 3.98. The molecule has 38 heavy (non-hydrogen) atoms. The van der Waals surface area contributed by atoms with Crippen LogP contribution in [0.3, 0.4) is 0 Å². The summed E-state index contributed by atoms with van der Waals surface area (Å²) in [5, 5.41) is 13.1. The molecule has 1 amide bonds. The molecule has 2 aromatic heterocycles. The summed E-state index contributed by atoms with van der Waals surface area (Å²) in [5.74, 6) is 2.29. The number of fused-ring (bicyclic) bond motifs is 1. The number of hydrogen-bond donors (Lipinski definition) is 1. The lowest BCUT2D eigenvalue weighted by Gasteiger charge is -2.09. The van der Waals surface area contributed by atoms with Gasteiger partial charge in [0.15, 0.2) is 11.0 Å². The maximum Gasteiger partial charge on any atom is 0.234 e. The molecule has 1 N–H and O–H groups in total. The summed E-state index contributed by atoms with van der Waals surface area (Å²) < 4.78 is 14.1. The van der Waals surface area contributed by atoms with Crippen LogP contribution in [0.1, 0.15) is 18.3 Å². The van der Waals surface area contributed by atoms with Crippen molar-refractivity contribution >= 4 is 44.9 Å². The predicted octanol–water partition coefficient (Wildman–Crippen LogP) is 6.20. The highest BCUT2D eigenvalue weighted by molar-refractivity contribution is 7.99. The lowest BCUT2D eigenvalue weighted by molar-refractivity contribution is -0.113. The Morgan fingerprint density at radius 2 is 1.79 bits per heavy atom. The van der Waals surface area contributed by atoms with Crippen molar-refractivity contribution in [1.82, 2.24) is 19.7 Å². The van der Waals surface area contributed by atoms with Gasteiger partial charge in [-0.2, -0.15) is 0 Å². The number of carbonyl (C=O) groups excluding carboxylic acids is 1. The zero-order valence-corrected chi connectivity index (χ0v) is 22.9. The fourth-order valence-electron chi connectivity index (χ4n) is 3.85. The summed E-state index contributed by atoms with van der Waals surface area (Å²) in [7, 11) is 1.63. The van der Waals surface area contributed by atoms with Crippen LogP contribution in [0.5, 0.6) is 11.5 Å². The standard InChI is InChI=1S/C28H27N5O3S2/c1-4-33-25(16-36-22-12-10-21(35-3)11-13-22)31-32-28(33)37-17-26(34)29-20-8-6-19(7-9-20)27-30-23-14-5-18(2)15-24(23)38-27/h5-15H,4,16-17H2,1-3H3,(H,29,34). The third kappa shape index (κ3) is 5.98. The van der Waals surface area contributed by atoms with Gasteiger partial charge in [0.25, 0.3) is 0 Å². The van der Waals surface area contributed by atoms with Gasteiger partial charge in [0.2, 0.25) is 5.91 Å². The smallest absolute Gasteiger partial charge is 0.234 e. The molecule has 0 saturated heterocycles. The number of carbonyl (C=O) groups is 1. The molecule has 8 nitrogen and oxygen atoms in total. The van der Waals surface area contributed by atoms with Crippen LogP contribution in [-0.4, -0.2) is 38.5 Å². The molecule has 3 aromatic carbocycles. The molecule has 0 unspecified atom stereocenters. The summed E-state index contributed by atoms with van der Waals surface area (Å²) in [4.78, 5) is 17.4. The van der Waals surface area contributed by atoms with Gasteiger partial charge in [-0.3, -0.25) is 4.79 Å². The second kappa shape index (κ2) is 11.7. The van der Waals surface area contributed by atoms with Crippen LogP contribution in [-0.2, 0) is 17.9 Å². The van der Waals surface area contributed by atoms with E-state index in [0.717, 1.165) is 27.5 Å². The molecular formula is C28H27N5O3S2. The van der Waals surface area contributed by atoms with Crippen molar-refractivity contribution in [2.45, 2.75) is 32.2 Å². The van der Waals surface area contributed by atoms with Gasteiger partial charge in [-0.25, -0.2) is 4.98 Å². The number of ether oxygens (including phenoxy) is 2. The number of nitrogens with zero attached hydrogens (tertiary/aromatic N) is 4. The number of thiazole rings is 1. The van der Waals surface area contributed by atoms with Crippen molar-refractivity contribution in [2.24, 2.45) is 0 Å². The van der Waals surface area contributed by atoms with Gasteiger partial charge >= 0.3 is 0 Å². The first-order valence-corrected chi connectivity index (χ1v) is 13.9. The third-order valence-electron chi connectivity index (χ3n) is 5.83. The fraction of sp³-hybridized carbons (Fsp3) is 0.214. The Hall–Kier alpha value is -3.89. The molecule has 0 aliphatic heterocycles. The molecule has 0 saturated carbocycles. The molecular weight excluding hydrogens is 518 g/mol. The second-order valence-electron chi connectivity index (χ2n) is 8.51. The molecule has 0 spiro atoms. The summed E-state index contributed by atoms with van der Waals surface area (Å²) >= 11 is 3.01. The van der Waals surface area contributed by atoms with Crippen LogP contribution in [0, 0.1) is 6.92 Å². The van der Waals surface area contributed by atoms with Crippen LogP contribution in [0.4, 0.5) is 5.69 Å². The Balaban J connectivity index is 1.15. The Labute approximate surface area is 229 Å². The van der Waals surface area contributed by atoms with E-state index in [4.69, 9.17) is 14.5 Å². The molecule has 0 bridgehead atoms. The van der Waals surface area contributed by atoms with Gasteiger partial charge < -0.3 is 19.4 Å². The molecule has 0 fully saturated rings. The topological polar surface area (TPSA) is 91.2 Å². The summed E-state index contributed by atoms with van der Waals surface area (Å²) in [6, 6.07) is 21.4. The van der Waals surface area contributed by atoms with Crippen LogP contribution in [0.25, 0.3) is 20.8 Å². The first-order valence-electron chi connectivity index (χ1n) is 12.1. The SMILES string of the molecule is CCn1c(COc2ccc(OC)cc2)nnc1SCC(=O)Nc1ccc(-c2nc3ccc(C)cc3s2)cc1. The third-order valence-corrected chi connectivity index (χ3v) is 7.86. The van der Waals surface area contributed by atoms with E-state index in [1.807, 2.05) is 66.1 Å². The molecule has 0 radical (unpaired) electrons. The minimum Gasteiger partial charge on any atom is -0.497 e. The molecule has 0 aliphatic carbocycles. The first-order chi connectivity index (χ1) is 18.5. The average Bonchev–Trinajstić information content (AvgIpc) is 3.54. The monoisotopic (exact) mass is 545 g/mol. The lowest BCUT2D eigenvalue weighted by Crippen LogP contribution is -2.15. The van der Waals surface area contributed by atoms with Crippen LogP contribution in [0.15, 0.2) is 71.9 Å². The van der Waals surface area contributed by atoms with Gasteiger partial charge in [-0.15, -0.1) is 21.5 Å². The molecule has 2 heterocycles. The quantitative estimate of drug-likeness (QED) is 0.209. The van der Waals surface area contributed by atoms with E-state index in [2.05, 4.69) is 34.6 Å². The van der Waals surface area contributed by atoms with Gasteiger partial charge in [-0.1, -0.05) is 17.8 Å². The number of thioether (sulfide) groups is 1. The van der Waals surface area contributed by atoms with Gasteiger partial charge in [0.05, 0.1) is 23.1 Å². The van der Waals surface area contributed by atoms with Crippen LogP contribution in [0.2, 0.25) is 0 Å². The van der Waals surface area contributed by atoms with E-state index in [0.29, 0.717) is 23.3 Å². The van der Waals surface area contributed by atoms with Crippen molar-refractivity contribution in [3.63, 3.8) is 0 Å². The van der Waals surface area contributed by atoms with Crippen molar-refractivity contribution in [2.75, 3.05) is 18.2 Å². The lowest BCUT2D eigenvalue weighted by atomic mass is 10.2. The van der Waals surface area contributed by atoms with Crippen molar-refractivity contribution in [3.8, 4) is 22.1 Å². The number of nitrogens with one attached hydrogen (secondary N) is 1. The molecule has 194 valence electrons. The Morgan fingerprint density at radius 3 is 2.53 bits per heavy atom. The van der Waals surface area contributed by atoms with Crippen molar-refractivity contribution in [1.29, 1.82) is 0 Å². The number of rotatable bonds is 10. The summed E-state index contributed by atoms with van der Waals surface area (Å²) in [6.45, 7) is 5.04. The minimum absolute atomic E-state index is 0.111. The number of amides is 1. The number of aryl methyl sites for hydroxylation is 1. The molecule has 10 heteroatoms. The van der Waals surface area contributed by atoms with Crippen molar-refractivity contribution in [3.05, 3.63) is 78.1 Å². The van der Waals surface area contributed by atoms with Gasteiger partial charge in [0.1, 0.15) is 23.1 Å². The first kappa shape index (κ1) is 25.7. The molecule has 5 aromatic rings. The van der Waals surface area contributed by atoms with Gasteiger partial charge in [0, 0.05) is 17.8 Å². The van der Waals surface area contributed by atoms with E-state index in [1.54, 1.807) is 18.4 Å². The van der Waals surface area contributed by atoms with E-state index in [1.165, 1.54) is 22.0 Å². The Morgan fingerprint density at radius 1 is 1.03 bits per heavy atom. The number of methoxy groups -OCH3 is 1. The maximum atomic E-state index is 12.6. The van der Waals surface area contributed by atoms with Gasteiger partial charge in [-0.05, 0) is 80.1 Å². The number of aromatic nitrogens is 4. The van der Waals surface area contributed by atoms with Crippen LogP contribution >= 0.6 is 23.1 Å². The zero-order valence-electron chi connectivity index (χ0n) is 21.3. The minimum atomic E-state index is -0.111. The highest BCUT2D eigenvalue weighted by Crippen LogP contribution is 2.31. The molecule has 0 atom stereocenters. The highest BCUT2D eigenvalue weighted by atomic mass is 32.2. The molecule has 5 rings (SSSR count). The van der Waals surface area contributed by atoms with E-state index in [-0.39, 0.29) is 18.3 Å². The zero-order chi connectivity index (χ0) is 26.5. The van der Waals surface area contributed by atoms with E-state index in [9.17, 15) is 4.79 Å². The van der Waals surface area contributed by atoms with Crippen molar-refractivity contribution < 1.29 is 14.3 Å². The largest absolute Gasteiger partial charge is 0.497 e. The maximum absolute atomic E-state index is 12.6. The number of hydrogen-bond acceptors (Lipinski definition) is 8. The number of anilines is 1. The fourth-order valence-corrected chi connectivity index (χ4v) is 5.74. The van der Waals surface area contributed by atoms with E-state index < -0.39 is 0 Å². The van der Waals surface area contributed by atoms with E-state index >= 15 is 0 Å². The molecule has 0 aliphatic rings. The highest BCUT2D eigenvalue weighted by Gasteiger charge is 2.14. The predicted molar refractivity (Wildman–Crippen MR) is 152 cm³/mol. The Kier molecular flexibility index (Phi) is 7.90. The average molecular weight is 546 g/mol. The van der Waals surface area contributed by atoms with Crippen LogP contribution < -0.4 is 14.8 Å². The normalized spacial score (nSPS) is 11.0. The Bertz CT molecular complexity index is 1550. The summed E-state index contributed by atoms with van der Waals surface area (Å²) in [6.07, 6.45) is 0. The number of benzene rings is 3. The second-order valence-corrected chi connectivity index (χ2v) is 10.5.